The second-order valence-corrected chi connectivity index (χ2v) is 6.25. The van der Waals surface area contributed by atoms with Gasteiger partial charge in [-0.25, -0.2) is 0 Å². The van der Waals surface area contributed by atoms with Crippen molar-refractivity contribution < 1.29 is 9.59 Å². The lowest BCUT2D eigenvalue weighted by atomic mass is 9.91. The van der Waals surface area contributed by atoms with E-state index in [2.05, 4.69) is 20.4 Å². The van der Waals surface area contributed by atoms with Gasteiger partial charge in [-0.15, -0.1) is 10.2 Å². The molecule has 0 radical (unpaired) electrons. The molecule has 0 aromatic rings. The lowest BCUT2D eigenvalue weighted by Crippen LogP contribution is -2.39. The summed E-state index contributed by atoms with van der Waals surface area (Å²) in [4.78, 5) is 26.7. The first-order valence-corrected chi connectivity index (χ1v) is 7.82. The topological polar surface area (TPSA) is 74.1 Å². The number of rotatable bonds is 3. The average Bonchev–Trinajstić information content (AvgIpc) is 3.28. The standard InChI is InChI=1S/C16H18N4O2/c21-15-13-4-2-1-3-12(13)14(18-19-15)16(22)17-10-7-8-20(9-10)11-5-6-11/h1-4,10-11,13H,5-9H2,(H,17,22). The molecule has 6 heteroatoms. The second-order valence-electron chi connectivity index (χ2n) is 6.25. The van der Waals surface area contributed by atoms with Crippen molar-refractivity contribution in [1.82, 2.24) is 10.2 Å². The summed E-state index contributed by atoms with van der Waals surface area (Å²) in [6.07, 6.45) is 10.7. The van der Waals surface area contributed by atoms with Gasteiger partial charge in [0.15, 0.2) is 5.70 Å². The molecular formula is C16H18N4O2. The third-order valence-corrected chi connectivity index (χ3v) is 4.65. The molecule has 1 saturated heterocycles. The summed E-state index contributed by atoms with van der Waals surface area (Å²) in [5, 5.41) is 10.5. The fourth-order valence-corrected chi connectivity index (χ4v) is 3.31. The number of amides is 2. The molecule has 1 N–H and O–H groups in total. The maximum Gasteiger partial charge on any atom is 0.276 e. The van der Waals surface area contributed by atoms with Crippen LogP contribution in [-0.4, -0.2) is 41.9 Å². The van der Waals surface area contributed by atoms with Crippen LogP contribution in [-0.2, 0) is 9.59 Å². The Morgan fingerprint density at radius 1 is 1.23 bits per heavy atom. The molecule has 2 amide bonds. The molecule has 0 bridgehead atoms. The molecule has 0 spiro atoms. The van der Waals surface area contributed by atoms with Crippen LogP contribution in [0.4, 0.5) is 0 Å². The molecule has 6 nitrogen and oxygen atoms in total. The summed E-state index contributed by atoms with van der Waals surface area (Å²) in [6.45, 7) is 1.96. The van der Waals surface area contributed by atoms with Gasteiger partial charge in [0.1, 0.15) is 0 Å². The Labute approximate surface area is 128 Å². The molecule has 2 unspecified atom stereocenters. The summed E-state index contributed by atoms with van der Waals surface area (Å²) >= 11 is 0. The fraction of sp³-hybridized carbons (Fsp3) is 0.500. The molecule has 1 saturated carbocycles. The highest BCUT2D eigenvalue weighted by molar-refractivity contribution is 5.98. The van der Waals surface area contributed by atoms with Gasteiger partial charge in [0.05, 0.1) is 5.92 Å². The van der Waals surface area contributed by atoms with Crippen LogP contribution in [0.2, 0.25) is 0 Å². The molecule has 22 heavy (non-hydrogen) atoms. The number of hydrogen-bond donors (Lipinski definition) is 1. The molecule has 4 aliphatic rings. The normalized spacial score (nSPS) is 30.8. The first-order chi connectivity index (χ1) is 10.7. The lowest BCUT2D eigenvalue weighted by Gasteiger charge is -2.20. The number of azo groups is 1. The molecule has 4 rings (SSSR count). The number of hydrogen-bond acceptors (Lipinski definition) is 4. The van der Waals surface area contributed by atoms with Crippen molar-refractivity contribution in [3.63, 3.8) is 0 Å². The zero-order chi connectivity index (χ0) is 15.1. The van der Waals surface area contributed by atoms with Gasteiger partial charge in [-0.2, -0.15) is 0 Å². The van der Waals surface area contributed by atoms with E-state index in [-0.39, 0.29) is 23.6 Å². The maximum atomic E-state index is 12.5. The van der Waals surface area contributed by atoms with Crippen LogP contribution >= 0.6 is 0 Å². The number of likely N-dealkylation sites (tertiary alicyclic amines) is 1. The SMILES string of the molecule is O=C(NC1CCN(C2CC2)C1)C1=C2C=CC=CC2C(=O)N=N1. The summed E-state index contributed by atoms with van der Waals surface area (Å²) < 4.78 is 0. The van der Waals surface area contributed by atoms with Crippen LogP contribution in [0.15, 0.2) is 45.8 Å². The number of carbonyl (C=O) groups excluding carboxylic acids is 2. The summed E-state index contributed by atoms with van der Waals surface area (Å²) in [5.74, 6) is -0.999. The third-order valence-electron chi connectivity index (χ3n) is 4.65. The van der Waals surface area contributed by atoms with E-state index in [0.29, 0.717) is 5.57 Å². The van der Waals surface area contributed by atoms with Gasteiger partial charge >= 0.3 is 0 Å². The first-order valence-electron chi connectivity index (χ1n) is 7.82. The van der Waals surface area contributed by atoms with Crippen LogP contribution < -0.4 is 5.32 Å². The van der Waals surface area contributed by atoms with E-state index in [9.17, 15) is 9.59 Å². The number of nitrogens with zero attached hydrogens (tertiary/aromatic N) is 3. The molecule has 0 aromatic heterocycles. The van der Waals surface area contributed by atoms with Crippen molar-refractivity contribution in [1.29, 1.82) is 0 Å². The van der Waals surface area contributed by atoms with Gasteiger partial charge in [0, 0.05) is 30.7 Å². The average molecular weight is 298 g/mol. The lowest BCUT2D eigenvalue weighted by molar-refractivity contribution is -0.120. The van der Waals surface area contributed by atoms with E-state index in [1.165, 1.54) is 12.8 Å². The maximum absolute atomic E-state index is 12.5. The first kappa shape index (κ1) is 13.6. The van der Waals surface area contributed by atoms with Crippen LogP contribution in [0.1, 0.15) is 19.3 Å². The van der Waals surface area contributed by atoms with Crippen molar-refractivity contribution in [2.75, 3.05) is 13.1 Å². The van der Waals surface area contributed by atoms with E-state index >= 15 is 0 Å². The van der Waals surface area contributed by atoms with Gasteiger partial charge in [0.2, 0.25) is 0 Å². The van der Waals surface area contributed by atoms with Crippen molar-refractivity contribution >= 4 is 11.8 Å². The van der Waals surface area contributed by atoms with Gasteiger partial charge in [-0.3, -0.25) is 14.5 Å². The summed E-state index contributed by atoms with van der Waals surface area (Å²) in [7, 11) is 0. The number of allylic oxidation sites excluding steroid dienone is 3. The molecule has 2 atom stereocenters. The molecule has 2 heterocycles. The predicted molar refractivity (Wildman–Crippen MR) is 79.8 cm³/mol. The van der Waals surface area contributed by atoms with E-state index in [0.717, 1.165) is 25.6 Å². The largest absolute Gasteiger partial charge is 0.347 e. The van der Waals surface area contributed by atoms with Crippen LogP contribution in [0.25, 0.3) is 0 Å². The monoisotopic (exact) mass is 298 g/mol. The minimum atomic E-state index is -0.463. The fourth-order valence-electron chi connectivity index (χ4n) is 3.31. The van der Waals surface area contributed by atoms with Gasteiger partial charge in [-0.1, -0.05) is 24.3 Å². The Kier molecular flexibility index (Phi) is 3.26. The summed E-state index contributed by atoms with van der Waals surface area (Å²) in [5.41, 5.74) is 0.923. The predicted octanol–water partition coefficient (Wildman–Crippen LogP) is 1.33. The second kappa shape index (κ2) is 5.28. The Bertz CT molecular complexity index is 643. The van der Waals surface area contributed by atoms with Crippen molar-refractivity contribution in [3.8, 4) is 0 Å². The van der Waals surface area contributed by atoms with Crippen molar-refractivity contribution in [2.24, 2.45) is 16.1 Å². The minimum Gasteiger partial charge on any atom is -0.347 e. The highest BCUT2D eigenvalue weighted by atomic mass is 16.2. The van der Waals surface area contributed by atoms with Gasteiger partial charge < -0.3 is 5.32 Å². The smallest absolute Gasteiger partial charge is 0.276 e. The molecule has 0 aromatic carbocycles. The molecular weight excluding hydrogens is 280 g/mol. The third kappa shape index (κ3) is 2.43. The van der Waals surface area contributed by atoms with Crippen molar-refractivity contribution in [3.05, 3.63) is 35.6 Å². The minimum absolute atomic E-state index is 0.163. The quantitative estimate of drug-likeness (QED) is 0.854. The van der Waals surface area contributed by atoms with E-state index < -0.39 is 5.92 Å². The molecule has 114 valence electrons. The number of carbonyl (C=O) groups is 2. The molecule has 2 aliphatic carbocycles. The summed E-state index contributed by atoms with van der Waals surface area (Å²) in [6, 6.07) is 0.891. The van der Waals surface area contributed by atoms with E-state index in [4.69, 9.17) is 0 Å². The van der Waals surface area contributed by atoms with Crippen molar-refractivity contribution in [2.45, 2.75) is 31.3 Å². The van der Waals surface area contributed by atoms with E-state index in [1.807, 2.05) is 6.08 Å². The molecule has 2 aliphatic heterocycles. The van der Waals surface area contributed by atoms with Crippen LogP contribution in [0, 0.1) is 5.92 Å². The zero-order valence-corrected chi connectivity index (χ0v) is 12.2. The van der Waals surface area contributed by atoms with Gasteiger partial charge in [-0.05, 0) is 19.3 Å². The Morgan fingerprint density at radius 3 is 2.91 bits per heavy atom. The van der Waals surface area contributed by atoms with Gasteiger partial charge in [0.25, 0.3) is 11.8 Å². The van der Waals surface area contributed by atoms with Crippen LogP contribution in [0.3, 0.4) is 0 Å². The van der Waals surface area contributed by atoms with E-state index in [1.54, 1.807) is 18.2 Å². The Balaban J connectivity index is 1.48. The highest BCUT2D eigenvalue weighted by Gasteiger charge is 2.36. The highest BCUT2D eigenvalue weighted by Crippen LogP contribution is 2.31. The Hall–Kier alpha value is -2.08. The number of nitrogens with one attached hydrogen (secondary N) is 1. The van der Waals surface area contributed by atoms with Crippen LogP contribution in [0.5, 0.6) is 0 Å². The number of fused-ring (bicyclic) bond motifs is 1. The molecule has 2 fully saturated rings. The zero-order valence-electron chi connectivity index (χ0n) is 12.2. The Morgan fingerprint density at radius 2 is 2.09 bits per heavy atom.